The number of carbonyl (C=O) groups excluding carboxylic acids is 1. The number of hydrogen-bond acceptors (Lipinski definition) is 6. The van der Waals surface area contributed by atoms with Crippen molar-refractivity contribution < 1.29 is 13.2 Å². The van der Waals surface area contributed by atoms with Gasteiger partial charge in [0, 0.05) is 18.5 Å². The lowest BCUT2D eigenvalue weighted by atomic mass is 9.98. The predicted molar refractivity (Wildman–Crippen MR) is 107 cm³/mol. The second kappa shape index (κ2) is 8.14. The summed E-state index contributed by atoms with van der Waals surface area (Å²) < 4.78 is 25.2. The van der Waals surface area contributed by atoms with Gasteiger partial charge in [-0.1, -0.05) is 37.7 Å². The van der Waals surface area contributed by atoms with Crippen LogP contribution in [-0.4, -0.2) is 46.2 Å². The van der Waals surface area contributed by atoms with Crippen molar-refractivity contribution in [3.05, 3.63) is 40.7 Å². The Morgan fingerprint density at radius 1 is 1.26 bits per heavy atom. The van der Waals surface area contributed by atoms with Crippen molar-refractivity contribution in [2.45, 2.75) is 44.2 Å². The van der Waals surface area contributed by atoms with E-state index in [1.54, 1.807) is 0 Å². The Labute approximate surface area is 164 Å². The molecule has 1 fully saturated rings. The van der Waals surface area contributed by atoms with Gasteiger partial charge in [0.15, 0.2) is 20.8 Å². The number of rotatable bonds is 7. The average Bonchev–Trinajstić information content (AvgIpc) is 3.20. The van der Waals surface area contributed by atoms with Crippen molar-refractivity contribution in [3.63, 3.8) is 0 Å². The molecule has 1 aliphatic rings. The maximum Gasteiger partial charge on any atom is 0.191 e. The Kier molecular flexibility index (Phi) is 6.05. The molecule has 2 aromatic rings. The first kappa shape index (κ1) is 20.1. The molecule has 0 aliphatic carbocycles. The van der Waals surface area contributed by atoms with Crippen LogP contribution in [0.2, 0.25) is 0 Å². The largest absolute Gasteiger partial charge is 0.309 e. The summed E-state index contributed by atoms with van der Waals surface area (Å²) in [6.07, 6.45) is 2.30. The van der Waals surface area contributed by atoms with Gasteiger partial charge in [0.1, 0.15) is 5.82 Å². The second-order valence-electron chi connectivity index (χ2n) is 6.91. The SMILES string of the molecule is CCc1ccc(CC)c(C(=O)CSc2nnc(C3CCS(=O)(=O)C3)n2C)c1. The monoisotopic (exact) mass is 407 g/mol. The molecule has 2 heterocycles. The maximum atomic E-state index is 12.8. The molecule has 1 unspecified atom stereocenters. The van der Waals surface area contributed by atoms with Gasteiger partial charge in [0.2, 0.25) is 0 Å². The minimum atomic E-state index is -2.97. The number of carbonyl (C=O) groups is 1. The van der Waals surface area contributed by atoms with Gasteiger partial charge in [-0.2, -0.15) is 0 Å². The molecule has 0 amide bonds. The average molecular weight is 408 g/mol. The van der Waals surface area contributed by atoms with E-state index in [0.717, 1.165) is 29.5 Å². The normalized spacial score (nSPS) is 18.7. The predicted octanol–water partition coefficient (Wildman–Crippen LogP) is 2.82. The molecule has 1 saturated heterocycles. The standard InChI is InChI=1S/C19H25N3O3S2/c1-4-13-6-7-14(5-2)16(10-13)17(23)11-26-19-21-20-18(22(19)3)15-8-9-27(24,25)12-15/h6-7,10,15H,4-5,8-9,11-12H2,1-3H3. The fourth-order valence-corrected chi connectivity index (χ4v) is 5.97. The zero-order valence-corrected chi connectivity index (χ0v) is 17.6. The highest BCUT2D eigenvalue weighted by molar-refractivity contribution is 7.99. The summed E-state index contributed by atoms with van der Waals surface area (Å²) >= 11 is 1.35. The summed E-state index contributed by atoms with van der Waals surface area (Å²) in [6, 6.07) is 6.11. The third-order valence-electron chi connectivity index (χ3n) is 5.06. The smallest absolute Gasteiger partial charge is 0.191 e. The van der Waals surface area contributed by atoms with Crippen LogP contribution < -0.4 is 0 Å². The van der Waals surface area contributed by atoms with E-state index in [0.29, 0.717) is 17.4 Å². The lowest BCUT2D eigenvalue weighted by Crippen LogP contribution is -2.10. The molecular formula is C19H25N3O3S2. The molecule has 1 aliphatic heterocycles. The number of aromatic nitrogens is 3. The number of ketones is 1. The highest BCUT2D eigenvalue weighted by Gasteiger charge is 2.32. The van der Waals surface area contributed by atoms with Crippen molar-refractivity contribution >= 4 is 27.4 Å². The van der Waals surface area contributed by atoms with Crippen LogP contribution >= 0.6 is 11.8 Å². The van der Waals surface area contributed by atoms with Crippen LogP contribution in [0.5, 0.6) is 0 Å². The quantitative estimate of drug-likeness (QED) is 0.518. The molecule has 1 aromatic carbocycles. The minimum Gasteiger partial charge on any atom is -0.309 e. The third kappa shape index (κ3) is 4.43. The van der Waals surface area contributed by atoms with Crippen LogP contribution in [0.1, 0.15) is 53.5 Å². The molecular weight excluding hydrogens is 382 g/mol. The van der Waals surface area contributed by atoms with E-state index in [-0.39, 0.29) is 29.0 Å². The molecule has 1 aromatic heterocycles. The topological polar surface area (TPSA) is 81.9 Å². The number of Topliss-reactive ketones (excluding diaryl/α,β-unsaturated/α-hetero) is 1. The number of thioether (sulfide) groups is 1. The molecule has 0 N–H and O–H groups in total. The Bertz CT molecular complexity index is 951. The number of hydrogen-bond donors (Lipinski definition) is 0. The summed E-state index contributed by atoms with van der Waals surface area (Å²) in [5.41, 5.74) is 3.00. The van der Waals surface area contributed by atoms with E-state index in [1.807, 2.05) is 23.7 Å². The van der Waals surface area contributed by atoms with Crippen molar-refractivity contribution in [2.75, 3.05) is 17.3 Å². The van der Waals surface area contributed by atoms with Crippen molar-refractivity contribution in [2.24, 2.45) is 7.05 Å². The molecule has 27 heavy (non-hydrogen) atoms. The van der Waals surface area contributed by atoms with E-state index in [9.17, 15) is 13.2 Å². The van der Waals surface area contributed by atoms with Gasteiger partial charge in [0.25, 0.3) is 0 Å². The summed E-state index contributed by atoms with van der Waals surface area (Å²) in [6.45, 7) is 4.13. The maximum absolute atomic E-state index is 12.8. The summed E-state index contributed by atoms with van der Waals surface area (Å²) in [4.78, 5) is 12.8. The highest BCUT2D eigenvalue weighted by atomic mass is 32.2. The van der Waals surface area contributed by atoms with Crippen molar-refractivity contribution in [3.8, 4) is 0 Å². The van der Waals surface area contributed by atoms with Gasteiger partial charge in [0.05, 0.1) is 17.3 Å². The number of aryl methyl sites for hydroxylation is 2. The fourth-order valence-electron chi connectivity index (χ4n) is 3.43. The number of sulfone groups is 1. The van der Waals surface area contributed by atoms with Gasteiger partial charge >= 0.3 is 0 Å². The van der Waals surface area contributed by atoms with Crippen LogP contribution in [0.4, 0.5) is 0 Å². The minimum absolute atomic E-state index is 0.0835. The summed E-state index contributed by atoms with van der Waals surface area (Å²) in [5.74, 6) is 1.29. The highest BCUT2D eigenvalue weighted by Crippen LogP contribution is 2.29. The van der Waals surface area contributed by atoms with Gasteiger partial charge in [-0.15, -0.1) is 10.2 Å². The van der Waals surface area contributed by atoms with Crippen LogP contribution in [0.3, 0.4) is 0 Å². The zero-order chi connectivity index (χ0) is 19.6. The first-order valence-electron chi connectivity index (χ1n) is 9.22. The zero-order valence-electron chi connectivity index (χ0n) is 15.9. The van der Waals surface area contributed by atoms with E-state index >= 15 is 0 Å². The third-order valence-corrected chi connectivity index (χ3v) is 7.85. The molecule has 0 bridgehead atoms. The van der Waals surface area contributed by atoms with E-state index in [2.05, 4.69) is 30.1 Å². The first-order chi connectivity index (χ1) is 12.8. The van der Waals surface area contributed by atoms with Crippen LogP contribution in [0.25, 0.3) is 0 Å². The molecule has 0 spiro atoms. The van der Waals surface area contributed by atoms with Gasteiger partial charge in [-0.25, -0.2) is 8.42 Å². The number of nitrogens with zero attached hydrogens (tertiary/aromatic N) is 3. The Morgan fingerprint density at radius 3 is 2.67 bits per heavy atom. The van der Waals surface area contributed by atoms with Gasteiger partial charge < -0.3 is 4.57 Å². The molecule has 8 heteroatoms. The number of benzene rings is 1. The Hall–Kier alpha value is -1.67. The first-order valence-corrected chi connectivity index (χ1v) is 12.0. The van der Waals surface area contributed by atoms with Crippen LogP contribution in [0, 0.1) is 0 Å². The van der Waals surface area contributed by atoms with Crippen molar-refractivity contribution in [1.29, 1.82) is 0 Å². The summed E-state index contributed by atoms with van der Waals surface area (Å²) in [5, 5.41) is 9.02. The molecule has 146 valence electrons. The van der Waals surface area contributed by atoms with Crippen LogP contribution in [-0.2, 0) is 29.7 Å². The molecule has 3 rings (SSSR count). The van der Waals surface area contributed by atoms with Crippen LogP contribution in [0.15, 0.2) is 23.4 Å². The van der Waals surface area contributed by atoms with E-state index < -0.39 is 9.84 Å². The van der Waals surface area contributed by atoms with Crippen molar-refractivity contribution in [1.82, 2.24) is 14.8 Å². The molecule has 6 nitrogen and oxygen atoms in total. The molecule has 0 radical (unpaired) electrons. The summed E-state index contributed by atoms with van der Waals surface area (Å²) in [7, 11) is -1.13. The lowest BCUT2D eigenvalue weighted by molar-refractivity contribution is 0.102. The molecule has 1 atom stereocenters. The van der Waals surface area contributed by atoms with Gasteiger partial charge in [-0.3, -0.25) is 4.79 Å². The van der Waals surface area contributed by atoms with Gasteiger partial charge in [-0.05, 0) is 36.5 Å². The van der Waals surface area contributed by atoms with E-state index in [1.165, 1.54) is 11.8 Å². The Balaban J connectivity index is 1.72. The Morgan fingerprint density at radius 2 is 2.04 bits per heavy atom. The van der Waals surface area contributed by atoms with E-state index in [4.69, 9.17) is 0 Å². The lowest BCUT2D eigenvalue weighted by Gasteiger charge is -2.10. The fraction of sp³-hybridized carbons (Fsp3) is 0.526. The molecule has 0 saturated carbocycles. The second-order valence-corrected chi connectivity index (χ2v) is 10.1.